The lowest BCUT2D eigenvalue weighted by Gasteiger charge is -2.27. The van der Waals surface area contributed by atoms with Gasteiger partial charge in [0, 0.05) is 43.9 Å². The number of ether oxygens (including phenoxy) is 2. The molecule has 0 radical (unpaired) electrons. The Morgan fingerprint density at radius 3 is 2.64 bits per heavy atom. The van der Waals surface area contributed by atoms with Gasteiger partial charge < -0.3 is 24.4 Å². The summed E-state index contributed by atoms with van der Waals surface area (Å²) < 4.78 is 11.1. The summed E-state index contributed by atoms with van der Waals surface area (Å²) >= 11 is 0. The molecule has 1 unspecified atom stereocenters. The number of benzene rings is 2. The summed E-state index contributed by atoms with van der Waals surface area (Å²) in [6.07, 6.45) is 3.83. The van der Waals surface area contributed by atoms with Crippen molar-refractivity contribution in [1.29, 1.82) is 0 Å². The van der Waals surface area contributed by atoms with Crippen LogP contribution in [0.1, 0.15) is 12.0 Å². The Morgan fingerprint density at radius 2 is 1.86 bits per heavy atom. The average molecular weight is 380 g/mol. The number of nitrogens with zero attached hydrogens (tertiary/aromatic N) is 2. The summed E-state index contributed by atoms with van der Waals surface area (Å²) in [6.45, 7) is 5.30. The van der Waals surface area contributed by atoms with Crippen LogP contribution in [-0.4, -0.2) is 49.5 Å². The molecule has 5 heteroatoms. The van der Waals surface area contributed by atoms with Gasteiger partial charge in [-0.2, -0.15) is 0 Å². The van der Waals surface area contributed by atoms with Crippen molar-refractivity contribution in [3.63, 3.8) is 0 Å². The van der Waals surface area contributed by atoms with E-state index in [1.807, 2.05) is 12.1 Å². The standard InChI is InChI=1S/C23H28N2O3/c26-22-9-4-8-21(15-22)25-11-5-10-24(12-13-25)16-20(23-17-27-18-28-23)14-19-6-2-1-3-7-19/h1-4,6-9,15,17,20,26H,5,10-14,16,18H2. The second-order valence-corrected chi connectivity index (χ2v) is 7.50. The maximum atomic E-state index is 9.78. The molecule has 1 saturated heterocycles. The number of phenolic OH excluding ortho intramolecular Hbond substituents is 1. The van der Waals surface area contributed by atoms with Crippen molar-refractivity contribution >= 4 is 5.69 Å². The van der Waals surface area contributed by atoms with E-state index in [1.165, 1.54) is 5.56 Å². The van der Waals surface area contributed by atoms with Gasteiger partial charge >= 0.3 is 0 Å². The van der Waals surface area contributed by atoms with Gasteiger partial charge in [0.15, 0.2) is 0 Å². The first-order valence-electron chi connectivity index (χ1n) is 10.0. The van der Waals surface area contributed by atoms with Crippen molar-refractivity contribution < 1.29 is 14.6 Å². The third kappa shape index (κ3) is 4.78. The first-order valence-corrected chi connectivity index (χ1v) is 10.0. The van der Waals surface area contributed by atoms with E-state index in [4.69, 9.17) is 9.47 Å². The Bertz CT molecular complexity index is 793. The molecule has 2 aromatic rings. The third-order valence-corrected chi connectivity index (χ3v) is 5.48. The van der Waals surface area contributed by atoms with Gasteiger partial charge in [-0.1, -0.05) is 36.4 Å². The fourth-order valence-electron chi connectivity index (χ4n) is 4.03. The predicted octanol–water partition coefficient (Wildman–Crippen LogP) is 3.61. The molecule has 2 aliphatic rings. The molecule has 2 aliphatic heterocycles. The molecule has 1 N–H and O–H groups in total. The molecular weight excluding hydrogens is 352 g/mol. The Kier molecular flexibility index (Phi) is 6.02. The van der Waals surface area contributed by atoms with Crippen molar-refractivity contribution in [3.8, 4) is 5.75 Å². The van der Waals surface area contributed by atoms with E-state index in [2.05, 4.69) is 46.2 Å². The highest BCUT2D eigenvalue weighted by atomic mass is 16.7. The van der Waals surface area contributed by atoms with Crippen molar-refractivity contribution in [2.24, 2.45) is 5.92 Å². The number of aromatic hydroxyl groups is 1. The quantitative estimate of drug-likeness (QED) is 0.829. The topological polar surface area (TPSA) is 45.2 Å². The van der Waals surface area contributed by atoms with E-state index in [9.17, 15) is 5.11 Å². The summed E-state index contributed by atoms with van der Waals surface area (Å²) in [4.78, 5) is 4.89. The molecular formula is C23H28N2O3. The molecule has 2 heterocycles. The number of hydrogen-bond donors (Lipinski definition) is 1. The molecule has 148 valence electrons. The zero-order chi connectivity index (χ0) is 19.2. The number of rotatable bonds is 6. The van der Waals surface area contributed by atoms with Gasteiger partial charge in [-0.05, 0) is 37.1 Å². The molecule has 2 aromatic carbocycles. The van der Waals surface area contributed by atoms with E-state index < -0.39 is 0 Å². The van der Waals surface area contributed by atoms with E-state index in [0.29, 0.717) is 12.5 Å². The average Bonchev–Trinajstić information content (AvgIpc) is 3.15. The van der Waals surface area contributed by atoms with E-state index in [0.717, 1.165) is 57.0 Å². The zero-order valence-electron chi connectivity index (χ0n) is 16.2. The normalized spacial score (nSPS) is 18.7. The van der Waals surface area contributed by atoms with Crippen LogP contribution in [0.15, 0.2) is 66.6 Å². The van der Waals surface area contributed by atoms with Gasteiger partial charge in [0.05, 0.1) is 0 Å². The molecule has 0 spiro atoms. The molecule has 0 aromatic heterocycles. The molecule has 1 atom stereocenters. The lowest BCUT2D eigenvalue weighted by atomic mass is 9.97. The zero-order valence-corrected chi connectivity index (χ0v) is 16.2. The summed E-state index contributed by atoms with van der Waals surface area (Å²) in [6, 6.07) is 18.1. The highest BCUT2D eigenvalue weighted by Gasteiger charge is 2.25. The Labute approximate surface area is 166 Å². The summed E-state index contributed by atoms with van der Waals surface area (Å²) in [5, 5.41) is 9.78. The lowest BCUT2D eigenvalue weighted by molar-refractivity contribution is 0.0664. The number of hydrogen-bond acceptors (Lipinski definition) is 5. The van der Waals surface area contributed by atoms with Crippen LogP contribution < -0.4 is 4.90 Å². The minimum atomic E-state index is 0.289. The van der Waals surface area contributed by atoms with Gasteiger partial charge in [-0.25, -0.2) is 0 Å². The summed E-state index contributed by atoms with van der Waals surface area (Å²) in [5.74, 6) is 1.57. The van der Waals surface area contributed by atoms with Crippen LogP contribution in [0.5, 0.6) is 5.75 Å². The van der Waals surface area contributed by atoms with Crippen LogP contribution in [0, 0.1) is 5.92 Å². The van der Waals surface area contributed by atoms with Crippen LogP contribution in [0.3, 0.4) is 0 Å². The minimum absolute atomic E-state index is 0.289. The van der Waals surface area contributed by atoms with Gasteiger partial charge in [0.2, 0.25) is 6.79 Å². The Balaban J connectivity index is 1.41. The van der Waals surface area contributed by atoms with Crippen molar-refractivity contribution in [3.05, 3.63) is 72.2 Å². The molecule has 0 saturated carbocycles. The first-order chi connectivity index (χ1) is 13.8. The van der Waals surface area contributed by atoms with Crippen LogP contribution >= 0.6 is 0 Å². The predicted molar refractivity (Wildman–Crippen MR) is 110 cm³/mol. The lowest BCUT2D eigenvalue weighted by Crippen LogP contribution is -2.35. The molecule has 0 bridgehead atoms. The second-order valence-electron chi connectivity index (χ2n) is 7.50. The smallest absolute Gasteiger partial charge is 0.229 e. The molecule has 1 fully saturated rings. The van der Waals surface area contributed by atoms with Crippen molar-refractivity contribution in [1.82, 2.24) is 4.90 Å². The molecule has 0 amide bonds. The monoisotopic (exact) mass is 380 g/mol. The number of anilines is 1. The first kappa shape index (κ1) is 18.7. The molecule has 0 aliphatic carbocycles. The molecule has 28 heavy (non-hydrogen) atoms. The largest absolute Gasteiger partial charge is 0.508 e. The number of phenols is 1. The highest BCUT2D eigenvalue weighted by molar-refractivity contribution is 5.50. The maximum Gasteiger partial charge on any atom is 0.229 e. The van der Waals surface area contributed by atoms with Crippen molar-refractivity contribution in [2.45, 2.75) is 12.8 Å². The summed E-state index contributed by atoms with van der Waals surface area (Å²) in [7, 11) is 0. The second kappa shape index (κ2) is 9.02. The van der Waals surface area contributed by atoms with Crippen molar-refractivity contribution in [2.75, 3.05) is 44.4 Å². The van der Waals surface area contributed by atoms with E-state index in [1.54, 1.807) is 12.3 Å². The van der Waals surface area contributed by atoms with Crippen LogP contribution in [0.4, 0.5) is 5.69 Å². The molecule has 4 rings (SSSR count). The third-order valence-electron chi connectivity index (χ3n) is 5.48. The van der Waals surface area contributed by atoms with Gasteiger partial charge in [0.1, 0.15) is 17.8 Å². The van der Waals surface area contributed by atoms with E-state index in [-0.39, 0.29) is 5.92 Å². The van der Waals surface area contributed by atoms with Crippen LogP contribution in [0.2, 0.25) is 0 Å². The Morgan fingerprint density at radius 1 is 0.964 bits per heavy atom. The maximum absolute atomic E-state index is 9.78. The molecule has 5 nitrogen and oxygen atoms in total. The fourth-order valence-corrected chi connectivity index (χ4v) is 4.03. The van der Waals surface area contributed by atoms with Crippen LogP contribution in [-0.2, 0) is 15.9 Å². The van der Waals surface area contributed by atoms with E-state index >= 15 is 0 Å². The van der Waals surface area contributed by atoms with Crippen LogP contribution in [0.25, 0.3) is 0 Å². The van der Waals surface area contributed by atoms with Gasteiger partial charge in [-0.15, -0.1) is 0 Å². The fraction of sp³-hybridized carbons (Fsp3) is 0.391. The highest BCUT2D eigenvalue weighted by Crippen LogP contribution is 2.25. The van der Waals surface area contributed by atoms with Gasteiger partial charge in [-0.3, -0.25) is 0 Å². The van der Waals surface area contributed by atoms with Gasteiger partial charge in [0.25, 0.3) is 0 Å². The Hall–Kier alpha value is -2.66. The SMILES string of the molecule is Oc1cccc(N2CCCN(CC(Cc3ccccc3)C3=COCO3)CC2)c1. The summed E-state index contributed by atoms with van der Waals surface area (Å²) in [5.41, 5.74) is 2.41. The minimum Gasteiger partial charge on any atom is -0.508 e.